The summed E-state index contributed by atoms with van der Waals surface area (Å²) in [4.78, 5) is 63.5. The number of carbonyl (C=O) groups is 5. The first-order valence-corrected chi connectivity index (χ1v) is 15.0. The molecule has 1 heterocycles. The lowest BCUT2D eigenvalue weighted by Crippen LogP contribution is -2.66. The van der Waals surface area contributed by atoms with Gasteiger partial charge in [0.05, 0.1) is 16.7 Å². The zero-order valence-corrected chi connectivity index (χ0v) is 25.7. The van der Waals surface area contributed by atoms with E-state index in [1.807, 2.05) is 0 Å². The van der Waals surface area contributed by atoms with Crippen LogP contribution in [0.3, 0.4) is 0 Å². The lowest BCUT2D eigenvalue weighted by molar-refractivity contribution is -0.269. The van der Waals surface area contributed by atoms with Crippen molar-refractivity contribution in [2.45, 2.75) is 63.8 Å². The molecule has 242 valence electrons. The van der Waals surface area contributed by atoms with E-state index in [9.17, 15) is 24.0 Å². The summed E-state index contributed by atoms with van der Waals surface area (Å²) in [6.45, 7) is 2.51. The van der Waals surface area contributed by atoms with E-state index in [1.54, 1.807) is 91.0 Å². The molecule has 0 saturated carbocycles. The molecule has 1 amide bonds. The number of ketones is 1. The van der Waals surface area contributed by atoms with Gasteiger partial charge in [0.15, 0.2) is 18.5 Å². The Morgan fingerprint density at radius 3 is 1.67 bits per heavy atom. The fourth-order valence-corrected chi connectivity index (χ4v) is 4.87. The number of carbonyl (C=O) groups excluding carboxylic acids is 5. The highest BCUT2D eigenvalue weighted by Crippen LogP contribution is 2.29. The van der Waals surface area contributed by atoms with Crippen molar-refractivity contribution >= 4 is 29.6 Å². The number of esters is 3. The molecule has 1 saturated heterocycles. The number of ether oxygens (including phenoxy) is 5. The Morgan fingerprint density at radius 1 is 0.674 bits per heavy atom. The quantitative estimate of drug-likeness (QED) is 0.155. The maximum atomic E-state index is 13.4. The Balaban J connectivity index is 1.68. The molecule has 0 aromatic heterocycles. The molecule has 1 aliphatic heterocycles. The van der Waals surface area contributed by atoms with Gasteiger partial charge >= 0.3 is 17.9 Å². The lowest BCUT2D eigenvalue weighted by Gasteiger charge is -2.45. The molecule has 46 heavy (non-hydrogen) atoms. The van der Waals surface area contributed by atoms with Gasteiger partial charge in [-0.2, -0.15) is 0 Å². The second kappa shape index (κ2) is 17.0. The van der Waals surface area contributed by atoms with Crippen LogP contribution >= 0.6 is 0 Å². The predicted octanol–water partition coefficient (Wildman–Crippen LogP) is 4.30. The third-order valence-electron chi connectivity index (χ3n) is 7.11. The van der Waals surface area contributed by atoms with Gasteiger partial charge in [-0.1, -0.05) is 54.6 Å². The van der Waals surface area contributed by atoms with Crippen LogP contribution in [0.25, 0.3) is 0 Å². The Labute approximate surface area is 267 Å². The van der Waals surface area contributed by atoms with Crippen molar-refractivity contribution in [3.8, 4) is 0 Å². The van der Waals surface area contributed by atoms with Crippen molar-refractivity contribution in [3.05, 3.63) is 108 Å². The molecule has 1 N–H and O–H groups in total. The van der Waals surface area contributed by atoms with Crippen LogP contribution in [-0.4, -0.2) is 73.5 Å². The molecule has 2 unspecified atom stereocenters. The minimum Gasteiger partial charge on any atom is -0.459 e. The van der Waals surface area contributed by atoms with Crippen LogP contribution in [0.4, 0.5) is 0 Å². The zero-order valence-electron chi connectivity index (χ0n) is 25.7. The van der Waals surface area contributed by atoms with Crippen LogP contribution < -0.4 is 5.32 Å². The number of Topliss-reactive ketones (excluding diaryl/α,β-unsaturated/α-hetero) is 1. The standard InChI is InChI=1S/C35H37NO10/c1-23(37)14-12-13-21-42-35-29(36-24(2)38)31(46-34(41)27-19-10-5-11-20-27)30(45-33(40)26-17-8-4-9-18-26)28(44-35)22-43-32(39)25-15-6-3-7-16-25/h3-11,15-20,28-31,35H,12-14,21-22H2,1-2H3,(H,36,38)/t28?,29-,30-,31?,35+/m0/s1. The summed E-state index contributed by atoms with van der Waals surface area (Å²) in [5.41, 5.74) is 0.727. The number of rotatable bonds is 14. The molecule has 3 aromatic carbocycles. The zero-order chi connectivity index (χ0) is 32.9. The van der Waals surface area contributed by atoms with Gasteiger partial charge < -0.3 is 33.8 Å². The first-order valence-electron chi connectivity index (χ1n) is 15.0. The van der Waals surface area contributed by atoms with Crippen LogP contribution in [-0.2, 0) is 33.3 Å². The van der Waals surface area contributed by atoms with E-state index in [4.69, 9.17) is 23.7 Å². The monoisotopic (exact) mass is 631 g/mol. The molecule has 1 fully saturated rings. The van der Waals surface area contributed by atoms with Crippen LogP contribution in [0.2, 0.25) is 0 Å². The maximum Gasteiger partial charge on any atom is 0.338 e. The minimum atomic E-state index is -1.35. The summed E-state index contributed by atoms with van der Waals surface area (Å²) in [5.74, 6) is -2.59. The molecule has 11 heteroatoms. The molecule has 4 rings (SSSR count). The number of amides is 1. The third kappa shape index (κ3) is 9.82. The van der Waals surface area contributed by atoms with Crippen LogP contribution in [0, 0.1) is 0 Å². The highest BCUT2D eigenvalue weighted by atomic mass is 16.7. The molecule has 1 aliphatic rings. The Hall–Kier alpha value is -4.87. The van der Waals surface area contributed by atoms with Crippen LogP contribution in [0.1, 0.15) is 64.2 Å². The number of unbranched alkanes of at least 4 members (excludes halogenated alkanes) is 1. The number of hydrogen-bond acceptors (Lipinski definition) is 10. The highest BCUT2D eigenvalue weighted by Gasteiger charge is 2.52. The molecule has 11 nitrogen and oxygen atoms in total. The van der Waals surface area contributed by atoms with Gasteiger partial charge in [-0.05, 0) is 56.2 Å². The van der Waals surface area contributed by atoms with Gasteiger partial charge in [0.1, 0.15) is 24.5 Å². The third-order valence-corrected chi connectivity index (χ3v) is 7.11. The minimum absolute atomic E-state index is 0.0429. The molecule has 3 aromatic rings. The van der Waals surface area contributed by atoms with Gasteiger partial charge in [0, 0.05) is 20.0 Å². The summed E-state index contributed by atoms with van der Waals surface area (Å²) in [6, 6.07) is 23.5. The Morgan fingerprint density at radius 2 is 1.17 bits per heavy atom. The van der Waals surface area contributed by atoms with E-state index in [1.165, 1.54) is 13.8 Å². The van der Waals surface area contributed by atoms with E-state index in [-0.39, 0.29) is 29.1 Å². The first-order chi connectivity index (χ1) is 22.2. The maximum absolute atomic E-state index is 13.4. The molecule has 0 radical (unpaired) electrons. The SMILES string of the molecule is CC(=O)CCCCO[C@@H]1OC(COC(=O)c2ccccc2)[C@H](OC(=O)c2ccccc2)C(OC(=O)c2ccccc2)[C@@H]1NC(C)=O. The fourth-order valence-electron chi connectivity index (χ4n) is 4.87. The Kier molecular flexibility index (Phi) is 12.6. The van der Waals surface area contributed by atoms with Crippen molar-refractivity contribution < 1.29 is 47.7 Å². The van der Waals surface area contributed by atoms with E-state index in [0.29, 0.717) is 19.3 Å². The summed E-state index contributed by atoms with van der Waals surface area (Å²) >= 11 is 0. The van der Waals surface area contributed by atoms with Crippen LogP contribution in [0.15, 0.2) is 91.0 Å². The van der Waals surface area contributed by atoms with Crippen molar-refractivity contribution in [3.63, 3.8) is 0 Å². The molecule has 0 spiro atoms. The van der Waals surface area contributed by atoms with E-state index in [2.05, 4.69) is 5.32 Å². The van der Waals surface area contributed by atoms with Gasteiger partial charge in [0.25, 0.3) is 0 Å². The lowest BCUT2D eigenvalue weighted by atomic mass is 9.95. The van der Waals surface area contributed by atoms with Gasteiger partial charge in [-0.3, -0.25) is 4.79 Å². The summed E-state index contributed by atoms with van der Waals surface area (Å²) in [5, 5.41) is 2.73. The van der Waals surface area contributed by atoms with Gasteiger partial charge in [-0.25, -0.2) is 14.4 Å². The van der Waals surface area contributed by atoms with E-state index in [0.717, 1.165) is 0 Å². The molecule has 0 bridgehead atoms. The van der Waals surface area contributed by atoms with Crippen molar-refractivity contribution in [1.29, 1.82) is 0 Å². The average Bonchev–Trinajstić information content (AvgIpc) is 3.06. The van der Waals surface area contributed by atoms with E-state index < -0.39 is 61.1 Å². The fraction of sp³-hybridized carbons (Fsp3) is 0.343. The number of benzene rings is 3. The highest BCUT2D eigenvalue weighted by molar-refractivity contribution is 5.91. The molecule has 5 atom stereocenters. The molecule has 0 aliphatic carbocycles. The number of nitrogens with one attached hydrogen (secondary N) is 1. The number of hydrogen-bond donors (Lipinski definition) is 1. The smallest absolute Gasteiger partial charge is 0.338 e. The summed E-state index contributed by atoms with van der Waals surface area (Å²) in [6.07, 6.45) is -3.63. The Bertz CT molecular complexity index is 1460. The van der Waals surface area contributed by atoms with Crippen molar-refractivity contribution in [2.75, 3.05) is 13.2 Å². The normalized spacial score (nSPS) is 20.6. The predicted molar refractivity (Wildman–Crippen MR) is 165 cm³/mol. The average molecular weight is 632 g/mol. The first kappa shape index (κ1) is 34.0. The molecular weight excluding hydrogens is 594 g/mol. The van der Waals surface area contributed by atoms with Crippen molar-refractivity contribution in [2.24, 2.45) is 0 Å². The summed E-state index contributed by atoms with van der Waals surface area (Å²) in [7, 11) is 0. The topological polar surface area (TPSA) is 144 Å². The second-order valence-electron chi connectivity index (χ2n) is 10.7. The van der Waals surface area contributed by atoms with E-state index >= 15 is 0 Å². The van der Waals surface area contributed by atoms with Gasteiger partial charge in [0.2, 0.25) is 5.91 Å². The van der Waals surface area contributed by atoms with Gasteiger partial charge in [-0.15, -0.1) is 0 Å². The van der Waals surface area contributed by atoms with Crippen LogP contribution in [0.5, 0.6) is 0 Å². The molecular formula is C35H37NO10. The second-order valence-corrected chi connectivity index (χ2v) is 10.7. The van der Waals surface area contributed by atoms with Crippen molar-refractivity contribution in [1.82, 2.24) is 5.32 Å². The largest absolute Gasteiger partial charge is 0.459 e. The summed E-state index contributed by atoms with van der Waals surface area (Å²) < 4.78 is 29.8.